The number of nitrogens with zero attached hydrogens (tertiary/aromatic N) is 1. The van der Waals surface area contributed by atoms with Crippen LogP contribution in [0.4, 0.5) is 0 Å². The van der Waals surface area contributed by atoms with Crippen molar-refractivity contribution >= 4 is 22.1 Å². The van der Waals surface area contributed by atoms with Crippen molar-refractivity contribution in [2.75, 3.05) is 41.4 Å². The number of sulfonamides is 1. The molecule has 0 spiro atoms. The van der Waals surface area contributed by atoms with Crippen LogP contribution in [-0.2, 0) is 14.8 Å². The third-order valence-corrected chi connectivity index (χ3v) is 4.49. The van der Waals surface area contributed by atoms with Gasteiger partial charge < -0.3 is 19.5 Å². The first-order valence-corrected chi connectivity index (χ1v) is 8.51. The first-order chi connectivity index (χ1) is 11.2. The fourth-order valence-corrected chi connectivity index (χ4v) is 3.13. The van der Waals surface area contributed by atoms with Gasteiger partial charge in [-0.15, -0.1) is 0 Å². The normalized spacial score (nSPS) is 11.9. The van der Waals surface area contributed by atoms with Gasteiger partial charge in [-0.3, -0.25) is 0 Å². The summed E-state index contributed by atoms with van der Waals surface area (Å²) in [6, 6.07) is 2.83. The molecule has 1 aromatic carbocycles. The van der Waals surface area contributed by atoms with E-state index in [0.717, 1.165) is 6.08 Å². The Bertz CT molecular complexity index is 713. The first kappa shape index (κ1) is 19.9. The van der Waals surface area contributed by atoms with Gasteiger partial charge in [-0.25, -0.2) is 17.9 Å². The molecule has 0 fully saturated rings. The Morgan fingerprint density at radius 1 is 1.29 bits per heavy atom. The molecule has 1 rings (SSSR count). The van der Waals surface area contributed by atoms with Crippen molar-refractivity contribution in [3.05, 3.63) is 23.8 Å². The maximum atomic E-state index is 12.5. The Morgan fingerprint density at radius 3 is 2.46 bits per heavy atom. The second-order valence-electron chi connectivity index (χ2n) is 5.13. The van der Waals surface area contributed by atoms with E-state index < -0.39 is 16.0 Å². The van der Waals surface area contributed by atoms with Crippen LogP contribution in [-0.4, -0.2) is 65.8 Å². The van der Waals surface area contributed by atoms with Gasteiger partial charge in [0.2, 0.25) is 10.0 Å². The van der Waals surface area contributed by atoms with E-state index in [9.17, 15) is 13.2 Å². The van der Waals surface area contributed by atoms with Crippen LogP contribution in [0, 0.1) is 0 Å². The second-order valence-corrected chi connectivity index (χ2v) is 6.86. The molecule has 2 N–H and O–H groups in total. The number of carboxylic acids is 1. The molecule has 0 saturated heterocycles. The lowest BCUT2D eigenvalue weighted by atomic mass is 10.2. The number of methoxy groups -OCH3 is 2. The largest absolute Gasteiger partial charge is 0.493 e. The summed E-state index contributed by atoms with van der Waals surface area (Å²) in [7, 11) is 2.51. The van der Waals surface area contributed by atoms with Crippen molar-refractivity contribution in [3.8, 4) is 11.5 Å². The summed E-state index contributed by atoms with van der Waals surface area (Å²) < 4.78 is 37.9. The predicted molar refractivity (Wildman–Crippen MR) is 90.0 cm³/mol. The molecule has 134 valence electrons. The van der Waals surface area contributed by atoms with Crippen LogP contribution in [0.25, 0.3) is 6.08 Å². The van der Waals surface area contributed by atoms with Crippen LogP contribution in [0.1, 0.15) is 5.56 Å². The van der Waals surface area contributed by atoms with E-state index in [-0.39, 0.29) is 22.9 Å². The Kier molecular flexibility index (Phi) is 7.20. The molecule has 1 aromatic rings. The van der Waals surface area contributed by atoms with Crippen molar-refractivity contribution in [2.24, 2.45) is 0 Å². The molecule has 0 aromatic heterocycles. The molecule has 0 saturated carbocycles. The molecule has 0 unspecified atom stereocenters. The molecule has 0 aliphatic carbocycles. The van der Waals surface area contributed by atoms with Gasteiger partial charge in [-0.1, -0.05) is 0 Å². The lowest BCUT2D eigenvalue weighted by Gasteiger charge is -2.16. The average Bonchev–Trinajstić information content (AvgIpc) is 2.51. The van der Waals surface area contributed by atoms with E-state index in [2.05, 4.69) is 4.72 Å². The molecule has 0 atom stereocenters. The summed E-state index contributed by atoms with van der Waals surface area (Å²) in [5.74, 6) is -0.890. The van der Waals surface area contributed by atoms with Gasteiger partial charge in [-0.05, 0) is 37.9 Å². The number of nitrogens with one attached hydrogen (secondary N) is 1. The summed E-state index contributed by atoms with van der Waals surface area (Å²) in [6.07, 6.45) is 2.19. The van der Waals surface area contributed by atoms with Gasteiger partial charge in [0, 0.05) is 19.2 Å². The maximum absolute atomic E-state index is 12.5. The summed E-state index contributed by atoms with van der Waals surface area (Å²) in [5, 5.41) is 8.72. The molecule has 0 bridgehead atoms. The molecule has 0 aliphatic rings. The van der Waals surface area contributed by atoms with Crippen molar-refractivity contribution in [1.29, 1.82) is 0 Å². The fraction of sp³-hybridized carbons (Fsp3) is 0.400. The number of rotatable bonds is 9. The molecular weight excluding hydrogens is 336 g/mol. The molecule has 9 heteroatoms. The maximum Gasteiger partial charge on any atom is 0.328 e. The molecule has 0 aliphatic heterocycles. The second kappa shape index (κ2) is 8.67. The summed E-state index contributed by atoms with van der Waals surface area (Å²) in [4.78, 5) is 12.4. The number of likely N-dealkylation sites (N-methyl/N-ethyl adjacent to an activating group) is 1. The minimum Gasteiger partial charge on any atom is -0.493 e. The molecule has 8 nitrogen and oxygen atoms in total. The van der Waals surface area contributed by atoms with Gasteiger partial charge in [-0.2, -0.15) is 0 Å². The van der Waals surface area contributed by atoms with Crippen LogP contribution in [0.15, 0.2) is 23.1 Å². The van der Waals surface area contributed by atoms with E-state index in [1.807, 2.05) is 19.0 Å². The zero-order valence-electron chi connectivity index (χ0n) is 14.1. The molecule has 0 amide bonds. The number of aliphatic carboxylic acids is 1. The highest BCUT2D eigenvalue weighted by Gasteiger charge is 2.23. The third kappa shape index (κ3) is 5.52. The van der Waals surface area contributed by atoms with E-state index in [1.165, 1.54) is 32.4 Å². The summed E-state index contributed by atoms with van der Waals surface area (Å²) >= 11 is 0. The Balaban J connectivity index is 3.32. The summed E-state index contributed by atoms with van der Waals surface area (Å²) in [5.41, 5.74) is 0.364. The first-order valence-electron chi connectivity index (χ1n) is 7.02. The highest BCUT2D eigenvalue weighted by Crippen LogP contribution is 2.35. The lowest BCUT2D eigenvalue weighted by molar-refractivity contribution is -0.131. The topological polar surface area (TPSA) is 105 Å². The van der Waals surface area contributed by atoms with Gasteiger partial charge >= 0.3 is 5.97 Å². The zero-order valence-corrected chi connectivity index (χ0v) is 14.9. The average molecular weight is 358 g/mol. The van der Waals surface area contributed by atoms with Crippen molar-refractivity contribution in [2.45, 2.75) is 4.90 Å². The fourth-order valence-electron chi connectivity index (χ4n) is 1.89. The minimum absolute atomic E-state index is 0.0577. The smallest absolute Gasteiger partial charge is 0.328 e. The summed E-state index contributed by atoms with van der Waals surface area (Å²) in [6.45, 7) is 0.743. The number of hydrogen-bond acceptors (Lipinski definition) is 6. The van der Waals surface area contributed by atoms with E-state index in [0.29, 0.717) is 12.1 Å². The number of benzene rings is 1. The standard InChI is InChI=1S/C15H22N2O6S/c1-17(2)8-7-16-24(20,21)13-10-11(5-6-14(18)19)9-12(22-3)15(13)23-4/h5-6,9-10,16H,7-8H2,1-4H3,(H,18,19). The van der Waals surface area contributed by atoms with Crippen LogP contribution >= 0.6 is 0 Å². The van der Waals surface area contributed by atoms with Crippen LogP contribution < -0.4 is 14.2 Å². The number of hydrogen-bond donors (Lipinski definition) is 2. The quantitative estimate of drug-likeness (QED) is 0.624. The van der Waals surface area contributed by atoms with Crippen LogP contribution in [0.3, 0.4) is 0 Å². The molecular formula is C15H22N2O6S. The van der Waals surface area contributed by atoms with Gasteiger partial charge in [0.15, 0.2) is 11.5 Å². The Hall–Kier alpha value is -2.10. The van der Waals surface area contributed by atoms with E-state index in [1.54, 1.807) is 0 Å². The highest BCUT2D eigenvalue weighted by molar-refractivity contribution is 7.89. The van der Waals surface area contributed by atoms with E-state index in [4.69, 9.17) is 14.6 Å². The molecule has 24 heavy (non-hydrogen) atoms. The van der Waals surface area contributed by atoms with E-state index >= 15 is 0 Å². The molecule has 0 radical (unpaired) electrons. The third-order valence-electron chi connectivity index (χ3n) is 3.03. The number of carboxylic acid groups (broad SMARTS) is 1. The van der Waals surface area contributed by atoms with Gasteiger partial charge in [0.1, 0.15) is 4.90 Å². The van der Waals surface area contributed by atoms with Crippen molar-refractivity contribution < 1.29 is 27.8 Å². The van der Waals surface area contributed by atoms with Crippen LogP contribution in [0.2, 0.25) is 0 Å². The predicted octanol–water partition coefficient (Wildman–Crippen LogP) is 0.642. The highest BCUT2D eigenvalue weighted by atomic mass is 32.2. The SMILES string of the molecule is COc1cc(C=CC(=O)O)cc(S(=O)(=O)NCCN(C)C)c1OC. The van der Waals surface area contributed by atoms with Crippen molar-refractivity contribution in [1.82, 2.24) is 9.62 Å². The molecule has 0 heterocycles. The number of ether oxygens (including phenoxy) is 2. The van der Waals surface area contributed by atoms with Gasteiger partial charge in [0.25, 0.3) is 0 Å². The van der Waals surface area contributed by atoms with Crippen LogP contribution in [0.5, 0.6) is 11.5 Å². The minimum atomic E-state index is -3.86. The zero-order chi connectivity index (χ0) is 18.3. The Labute approximate surface area is 141 Å². The van der Waals surface area contributed by atoms with Gasteiger partial charge in [0.05, 0.1) is 14.2 Å². The lowest BCUT2D eigenvalue weighted by Crippen LogP contribution is -2.31. The van der Waals surface area contributed by atoms with Crippen molar-refractivity contribution in [3.63, 3.8) is 0 Å². The number of carbonyl (C=O) groups is 1. The Morgan fingerprint density at radius 2 is 1.96 bits per heavy atom. The monoisotopic (exact) mass is 358 g/mol.